The highest BCUT2D eigenvalue weighted by molar-refractivity contribution is 5.29. The largest absolute Gasteiger partial charge is 0.494 e. The van der Waals surface area contributed by atoms with E-state index in [1.54, 1.807) is 0 Å². The molecular weight excluding hydrogens is 236 g/mol. The predicted molar refractivity (Wildman–Crippen MR) is 79.3 cm³/mol. The molecule has 3 heteroatoms. The molecule has 0 aromatic heterocycles. The van der Waals surface area contributed by atoms with Crippen molar-refractivity contribution < 1.29 is 4.74 Å². The van der Waals surface area contributed by atoms with E-state index in [1.165, 1.54) is 24.8 Å². The summed E-state index contributed by atoms with van der Waals surface area (Å²) in [7, 11) is 0. The Balaban J connectivity index is 2.03. The fourth-order valence-corrected chi connectivity index (χ4v) is 2.84. The molecule has 0 radical (unpaired) electrons. The lowest BCUT2D eigenvalue weighted by Gasteiger charge is -2.40. The smallest absolute Gasteiger partial charge is 0.119 e. The van der Waals surface area contributed by atoms with Crippen molar-refractivity contribution in [3.05, 3.63) is 29.8 Å². The quantitative estimate of drug-likeness (QED) is 0.887. The van der Waals surface area contributed by atoms with Crippen LogP contribution in [0.4, 0.5) is 0 Å². The zero-order valence-electron chi connectivity index (χ0n) is 12.2. The first-order valence-corrected chi connectivity index (χ1v) is 7.37. The molecule has 1 aromatic rings. The molecule has 2 rings (SSSR count). The number of likely N-dealkylation sites (tertiary alicyclic amines) is 1. The van der Waals surface area contributed by atoms with Gasteiger partial charge in [-0.2, -0.15) is 0 Å². The molecule has 1 aromatic carbocycles. The van der Waals surface area contributed by atoms with E-state index in [-0.39, 0.29) is 5.66 Å². The minimum absolute atomic E-state index is 0.259. The van der Waals surface area contributed by atoms with Gasteiger partial charge in [-0.05, 0) is 57.5 Å². The monoisotopic (exact) mass is 262 g/mol. The van der Waals surface area contributed by atoms with Gasteiger partial charge in [-0.15, -0.1) is 0 Å². The number of piperidine rings is 1. The van der Waals surface area contributed by atoms with Gasteiger partial charge in [-0.1, -0.05) is 18.6 Å². The number of hydrogen-bond acceptors (Lipinski definition) is 3. The maximum Gasteiger partial charge on any atom is 0.119 e. The standard InChI is InChI=1S/C16H26N2O/c1-3-19-15-9-7-8-14(12-15)13-16(2,17)18-10-5-4-6-11-18/h7-9,12H,3-6,10-11,13,17H2,1-2H3. The highest BCUT2D eigenvalue weighted by atomic mass is 16.5. The number of benzene rings is 1. The Bertz CT molecular complexity index is 397. The Kier molecular flexibility index (Phi) is 4.83. The summed E-state index contributed by atoms with van der Waals surface area (Å²) in [5.74, 6) is 0.939. The van der Waals surface area contributed by atoms with Gasteiger partial charge in [0.15, 0.2) is 0 Å². The van der Waals surface area contributed by atoms with Crippen LogP contribution >= 0.6 is 0 Å². The molecule has 3 nitrogen and oxygen atoms in total. The molecule has 1 aliphatic heterocycles. The highest BCUT2D eigenvalue weighted by Gasteiger charge is 2.28. The molecule has 1 fully saturated rings. The first-order valence-electron chi connectivity index (χ1n) is 7.37. The number of hydrogen-bond donors (Lipinski definition) is 1. The van der Waals surface area contributed by atoms with E-state index in [4.69, 9.17) is 10.5 Å². The summed E-state index contributed by atoms with van der Waals surface area (Å²) in [4.78, 5) is 2.42. The van der Waals surface area contributed by atoms with Crippen molar-refractivity contribution in [2.45, 2.75) is 45.2 Å². The number of ether oxygens (including phenoxy) is 1. The van der Waals surface area contributed by atoms with E-state index in [2.05, 4.69) is 24.0 Å². The van der Waals surface area contributed by atoms with Crippen molar-refractivity contribution in [1.82, 2.24) is 4.90 Å². The van der Waals surface area contributed by atoms with Gasteiger partial charge in [-0.3, -0.25) is 4.90 Å². The zero-order valence-corrected chi connectivity index (χ0v) is 12.2. The van der Waals surface area contributed by atoms with Crippen molar-refractivity contribution in [3.8, 4) is 5.75 Å². The molecule has 0 saturated carbocycles. The Morgan fingerprint density at radius 2 is 2.00 bits per heavy atom. The Morgan fingerprint density at radius 1 is 1.26 bits per heavy atom. The van der Waals surface area contributed by atoms with Gasteiger partial charge in [0.1, 0.15) is 5.75 Å². The third-order valence-electron chi connectivity index (χ3n) is 3.85. The van der Waals surface area contributed by atoms with Crippen molar-refractivity contribution in [2.24, 2.45) is 5.73 Å². The second-order valence-corrected chi connectivity index (χ2v) is 5.66. The summed E-state index contributed by atoms with van der Waals surface area (Å²) < 4.78 is 5.55. The van der Waals surface area contributed by atoms with Crippen molar-refractivity contribution in [2.75, 3.05) is 19.7 Å². The van der Waals surface area contributed by atoms with E-state index in [9.17, 15) is 0 Å². The summed E-state index contributed by atoms with van der Waals surface area (Å²) in [6.07, 6.45) is 4.75. The van der Waals surface area contributed by atoms with E-state index in [1.807, 2.05) is 19.1 Å². The fraction of sp³-hybridized carbons (Fsp3) is 0.625. The lowest BCUT2D eigenvalue weighted by molar-refractivity contribution is 0.0855. The maximum absolute atomic E-state index is 6.53. The molecule has 1 saturated heterocycles. The first-order chi connectivity index (χ1) is 9.12. The van der Waals surface area contributed by atoms with Crippen molar-refractivity contribution >= 4 is 0 Å². The number of nitrogens with zero attached hydrogens (tertiary/aromatic N) is 1. The third-order valence-corrected chi connectivity index (χ3v) is 3.85. The van der Waals surface area contributed by atoms with E-state index in [0.717, 1.165) is 25.3 Å². The Morgan fingerprint density at radius 3 is 2.68 bits per heavy atom. The highest BCUT2D eigenvalue weighted by Crippen LogP contribution is 2.22. The molecule has 1 heterocycles. The van der Waals surface area contributed by atoms with Gasteiger partial charge in [0.25, 0.3) is 0 Å². The molecule has 0 bridgehead atoms. The van der Waals surface area contributed by atoms with Crippen LogP contribution in [0.3, 0.4) is 0 Å². The van der Waals surface area contributed by atoms with Crippen LogP contribution in [0.15, 0.2) is 24.3 Å². The van der Waals surface area contributed by atoms with Crippen molar-refractivity contribution in [3.63, 3.8) is 0 Å². The summed E-state index contributed by atoms with van der Waals surface area (Å²) in [5, 5.41) is 0. The SMILES string of the molecule is CCOc1cccc(CC(C)(N)N2CCCCC2)c1. The average Bonchev–Trinajstić information content (AvgIpc) is 2.40. The van der Waals surface area contributed by atoms with Crippen LogP contribution in [0.5, 0.6) is 5.75 Å². The Labute approximate surface area is 116 Å². The van der Waals surface area contributed by atoms with Gasteiger partial charge < -0.3 is 10.5 Å². The molecule has 106 valence electrons. The Hall–Kier alpha value is -1.06. The lowest BCUT2D eigenvalue weighted by Crippen LogP contribution is -2.56. The number of nitrogens with two attached hydrogens (primary N) is 1. The van der Waals surface area contributed by atoms with E-state index < -0.39 is 0 Å². The summed E-state index contributed by atoms with van der Waals surface area (Å²) >= 11 is 0. The van der Waals surface area contributed by atoms with Crippen LogP contribution in [0.25, 0.3) is 0 Å². The first kappa shape index (κ1) is 14.4. The van der Waals surface area contributed by atoms with Crippen LogP contribution in [0.2, 0.25) is 0 Å². The minimum Gasteiger partial charge on any atom is -0.494 e. The van der Waals surface area contributed by atoms with Crippen molar-refractivity contribution in [1.29, 1.82) is 0 Å². The fourth-order valence-electron chi connectivity index (χ4n) is 2.84. The van der Waals surface area contributed by atoms with Gasteiger partial charge in [0.2, 0.25) is 0 Å². The van der Waals surface area contributed by atoms with E-state index in [0.29, 0.717) is 6.61 Å². The molecule has 0 aliphatic carbocycles. The normalized spacial score (nSPS) is 19.9. The van der Waals surface area contributed by atoms with Crippen LogP contribution in [-0.4, -0.2) is 30.3 Å². The molecule has 2 N–H and O–H groups in total. The van der Waals surface area contributed by atoms with Gasteiger partial charge in [0.05, 0.1) is 12.3 Å². The molecule has 1 aliphatic rings. The lowest BCUT2D eigenvalue weighted by atomic mass is 9.97. The second-order valence-electron chi connectivity index (χ2n) is 5.66. The minimum atomic E-state index is -0.259. The van der Waals surface area contributed by atoms with Gasteiger partial charge in [-0.25, -0.2) is 0 Å². The summed E-state index contributed by atoms with van der Waals surface area (Å²) in [6, 6.07) is 8.30. The van der Waals surface area contributed by atoms with Gasteiger partial charge >= 0.3 is 0 Å². The second kappa shape index (κ2) is 6.40. The topological polar surface area (TPSA) is 38.5 Å². The summed E-state index contributed by atoms with van der Waals surface area (Å²) in [5.41, 5.74) is 7.53. The predicted octanol–water partition coefficient (Wildman–Crippen LogP) is 2.79. The third kappa shape index (κ3) is 3.95. The van der Waals surface area contributed by atoms with Crippen LogP contribution < -0.4 is 10.5 Å². The van der Waals surface area contributed by atoms with E-state index >= 15 is 0 Å². The molecule has 0 spiro atoms. The van der Waals surface area contributed by atoms with Gasteiger partial charge in [0, 0.05) is 6.42 Å². The molecule has 1 unspecified atom stereocenters. The average molecular weight is 262 g/mol. The molecular formula is C16H26N2O. The van der Waals surface area contributed by atoms with Crippen LogP contribution in [0, 0.1) is 0 Å². The molecule has 0 amide bonds. The summed E-state index contributed by atoms with van der Waals surface area (Å²) in [6.45, 7) is 7.10. The molecule has 1 atom stereocenters. The molecule has 19 heavy (non-hydrogen) atoms. The maximum atomic E-state index is 6.53. The number of rotatable bonds is 5. The van der Waals surface area contributed by atoms with Crippen LogP contribution in [-0.2, 0) is 6.42 Å². The van der Waals surface area contributed by atoms with Crippen LogP contribution in [0.1, 0.15) is 38.7 Å². The zero-order chi connectivity index (χ0) is 13.7.